The fraction of sp³-hybridized carbons (Fsp3) is 0.314. The Bertz CT molecular complexity index is 1480. The van der Waals surface area contributed by atoms with Crippen molar-refractivity contribution in [1.29, 1.82) is 0 Å². The van der Waals surface area contributed by atoms with Crippen LogP contribution in [0.15, 0.2) is 84.5 Å². The maximum absolute atomic E-state index is 13.3. The van der Waals surface area contributed by atoms with Crippen molar-refractivity contribution in [3.05, 3.63) is 101 Å². The summed E-state index contributed by atoms with van der Waals surface area (Å²) in [6, 6.07) is 11.8. The Morgan fingerprint density at radius 1 is 1.00 bits per heavy atom. The van der Waals surface area contributed by atoms with Gasteiger partial charge in [-0.2, -0.15) is 0 Å². The van der Waals surface area contributed by atoms with E-state index in [-0.39, 0.29) is 37.6 Å². The first kappa shape index (κ1) is 35.6. The number of aliphatic hydroxyl groups excluding tert-OH is 2. The molecule has 2 aromatic carbocycles. The number of carbonyl (C=O) groups excluding carboxylic acids is 2. The van der Waals surface area contributed by atoms with Crippen LogP contribution in [0.5, 0.6) is 0 Å². The minimum Gasteiger partial charge on any atom is -0.463 e. The van der Waals surface area contributed by atoms with E-state index < -0.39 is 28.9 Å². The van der Waals surface area contributed by atoms with Crippen molar-refractivity contribution in [1.82, 2.24) is 5.32 Å². The van der Waals surface area contributed by atoms with Crippen LogP contribution in [0.1, 0.15) is 42.3 Å². The van der Waals surface area contributed by atoms with E-state index in [2.05, 4.69) is 35.6 Å². The lowest BCUT2D eigenvalue weighted by Gasteiger charge is -2.34. The maximum atomic E-state index is 13.3. The molecule has 0 aliphatic rings. The summed E-state index contributed by atoms with van der Waals surface area (Å²) in [7, 11) is 1.46. The second-order valence-electron chi connectivity index (χ2n) is 10.6. The standard InChI is InChI=1S/C35H40N2O7/c1-6-26(21-38)12-11-25(2)35(4,42)31(33(41)44-24-34(3,22-39)23-43-5)37-32(40)29-17-13-27(14-18-29)9-7-8-10-28-15-19-30(36)20-16-28/h6,11-20,31,38-39,42H,2,21-24,36H2,1,3-5H3,(H,37,40)/b12-11-,26-6+/t31-,34?,35?/m1/s1. The molecule has 44 heavy (non-hydrogen) atoms. The van der Waals surface area contributed by atoms with Gasteiger partial charge in [0.05, 0.1) is 19.8 Å². The molecule has 1 amide bonds. The van der Waals surface area contributed by atoms with Crippen LogP contribution in [0.4, 0.5) is 5.69 Å². The number of hydrogen-bond acceptors (Lipinski definition) is 8. The molecular formula is C35H40N2O7. The van der Waals surface area contributed by atoms with Crippen molar-refractivity contribution in [3.63, 3.8) is 0 Å². The van der Waals surface area contributed by atoms with Gasteiger partial charge in [-0.1, -0.05) is 43.6 Å². The summed E-state index contributed by atoms with van der Waals surface area (Å²) in [6.45, 7) is 7.91. The predicted octanol–water partition coefficient (Wildman–Crippen LogP) is 2.76. The minimum atomic E-state index is -2.00. The van der Waals surface area contributed by atoms with Crippen molar-refractivity contribution in [2.75, 3.05) is 39.3 Å². The summed E-state index contributed by atoms with van der Waals surface area (Å²) in [5.41, 5.74) is 5.65. The van der Waals surface area contributed by atoms with Crippen LogP contribution in [0.2, 0.25) is 0 Å². The van der Waals surface area contributed by atoms with E-state index in [4.69, 9.17) is 15.2 Å². The molecule has 0 aliphatic heterocycles. The second kappa shape index (κ2) is 16.9. The zero-order valence-electron chi connectivity index (χ0n) is 25.5. The van der Waals surface area contributed by atoms with E-state index in [9.17, 15) is 24.9 Å². The first-order valence-corrected chi connectivity index (χ1v) is 13.8. The summed E-state index contributed by atoms with van der Waals surface area (Å²) in [5.74, 6) is 9.76. The number of amides is 1. The molecule has 9 nitrogen and oxygen atoms in total. The van der Waals surface area contributed by atoms with Crippen LogP contribution in [-0.4, -0.2) is 72.4 Å². The largest absolute Gasteiger partial charge is 0.463 e. The third-order valence-electron chi connectivity index (χ3n) is 6.75. The highest BCUT2D eigenvalue weighted by Crippen LogP contribution is 2.24. The zero-order valence-corrected chi connectivity index (χ0v) is 25.5. The molecule has 0 fully saturated rings. The average molecular weight is 601 g/mol. The Hall–Kier alpha value is -4.64. The minimum absolute atomic E-state index is 0.0834. The first-order valence-electron chi connectivity index (χ1n) is 13.8. The SMILES string of the molecule is C=C(/C=C\C(=C/C)CO)C(C)(O)[C@H](NC(=O)c1ccc(C#CC#Cc2ccc(N)cc2)cc1)C(=O)OCC(C)(CO)COC. The normalized spacial score (nSPS) is 14.6. The van der Waals surface area contributed by atoms with Gasteiger partial charge in [0.2, 0.25) is 0 Å². The molecule has 2 unspecified atom stereocenters. The fourth-order valence-corrected chi connectivity index (χ4v) is 3.73. The molecular weight excluding hydrogens is 560 g/mol. The van der Waals surface area contributed by atoms with E-state index in [1.54, 1.807) is 62.4 Å². The third-order valence-corrected chi connectivity index (χ3v) is 6.75. The van der Waals surface area contributed by atoms with E-state index in [0.717, 1.165) is 5.56 Å². The van der Waals surface area contributed by atoms with Crippen molar-refractivity contribution >= 4 is 17.6 Å². The maximum Gasteiger partial charge on any atom is 0.332 e. The molecule has 232 valence electrons. The lowest BCUT2D eigenvalue weighted by molar-refractivity contribution is -0.156. The van der Waals surface area contributed by atoms with E-state index in [0.29, 0.717) is 16.8 Å². The fourth-order valence-electron chi connectivity index (χ4n) is 3.73. The van der Waals surface area contributed by atoms with Crippen molar-refractivity contribution < 1.29 is 34.4 Å². The van der Waals surface area contributed by atoms with Crippen LogP contribution in [0.3, 0.4) is 0 Å². The van der Waals surface area contributed by atoms with Gasteiger partial charge in [-0.15, -0.1) is 0 Å². The van der Waals surface area contributed by atoms with E-state index >= 15 is 0 Å². The van der Waals surface area contributed by atoms with E-state index in [1.807, 2.05) is 0 Å². The molecule has 0 aromatic heterocycles. The van der Waals surface area contributed by atoms with Gasteiger partial charge >= 0.3 is 5.97 Å². The van der Waals surface area contributed by atoms with Gasteiger partial charge in [0, 0.05) is 34.9 Å². The number of rotatable bonds is 13. The Balaban J connectivity index is 2.27. The molecule has 6 N–H and O–H groups in total. The predicted molar refractivity (Wildman–Crippen MR) is 170 cm³/mol. The van der Waals surface area contributed by atoms with Crippen molar-refractivity contribution in [2.24, 2.45) is 5.41 Å². The van der Waals surface area contributed by atoms with Crippen LogP contribution in [0, 0.1) is 29.1 Å². The average Bonchev–Trinajstić information content (AvgIpc) is 3.02. The Morgan fingerprint density at radius 2 is 1.57 bits per heavy atom. The summed E-state index contributed by atoms with van der Waals surface area (Å²) in [6.07, 6.45) is 4.67. The lowest BCUT2D eigenvalue weighted by Crippen LogP contribution is -2.57. The number of anilines is 1. The Labute approximate surface area is 259 Å². The van der Waals surface area contributed by atoms with Gasteiger partial charge < -0.3 is 35.8 Å². The van der Waals surface area contributed by atoms with Crippen LogP contribution in [-0.2, 0) is 14.3 Å². The highest BCUT2D eigenvalue weighted by molar-refractivity contribution is 5.97. The third kappa shape index (κ3) is 10.6. The number of nitrogens with one attached hydrogen (secondary N) is 1. The molecule has 2 rings (SSSR count). The molecule has 0 spiro atoms. The highest BCUT2D eigenvalue weighted by Gasteiger charge is 2.42. The number of ether oxygens (including phenoxy) is 2. The molecule has 0 saturated heterocycles. The monoisotopic (exact) mass is 600 g/mol. The highest BCUT2D eigenvalue weighted by atomic mass is 16.5. The van der Waals surface area contributed by atoms with E-state index in [1.165, 1.54) is 32.2 Å². The lowest BCUT2D eigenvalue weighted by atomic mass is 9.87. The summed E-state index contributed by atoms with van der Waals surface area (Å²) >= 11 is 0. The number of benzene rings is 2. The summed E-state index contributed by atoms with van der Waals surface area (Å²) < 4.78 is 10.6. The molecule has 2 aromatic rings. The first-order chi connectivity index (χ1) is 20.9. The van der Waals surface area contributed by atoms with Gasteiger partial charge in [0.1, 0.15) is 12.2 Å². The Morgan fingerprint density at radius 3 is 2.07 bits per heavy atom. The molecule has 9 heteroatoms. The molecule has 0 heterocycles. The van der Waals surface area contributed by atoms with Gasteiger partial charge in [0.25, 0.3) is 5.91 Å². The molecule has 0 bridgehead atoms. The quantitative estimate of drug-likeness (QED) is 0.102. The summed E-state index contributed by atoms with van der Waals surface area (Å²) in [5, 5.41) is 33.2. The molecule has 0 radical (unpaired) electrons. The number of nitrogens with two attached hydrogens (primary N) is 1. The van der Waals surface area contributed by atoms with Crippen LogP contribution >= 0.6 is 0 Å². The number of methoxy groups -OCH3 is 1. The Kier molecular flexibility index (Phi) is 13.6. The zero-order chi connectivity index (χ0) is 32.8. The van der Waals surface area contributed by atoms with Gasteiger partial charge in [-0.3, -0.25) is 4.79 Å². The molecule has 0 saturated carbocycles. The van der Waals surface area contributed by atoms with Gasteiger partial charge in [0.15, 0.2) is 6.04 Å². The van der Waals surface area contributed by atoms with Gasteiger partial charge in [-0.05, 0) is 85.4 Å². The smallest absolute Gasteiger partial charge is 0.332 e. The molecule has 0 aliphatic carbocycles. The molecule has 3 atom stereocenters. The number of hydrogen-bond donors (Lipinski definition) is 5. The summed E-state index contributed by atoms with van der Waals surface area (Å²) in [4.78, 5) is 26.6. The van der Waals surface area contributed by atoms with Crippen molar-refractivity contribution in [2.45, 2.75) is 32.4 Å². The number of aliphatic hydroxyl groups is 3. The number of esters is 1. The number of nitrogen functional groups attached to an aromatic ring is 1. The van der Waals surface area contributed by atoms with Crippen LogP contribution in [0.25, 0.3) is 0 Å². The van der Waals surface area contributed by atoms with Crippen molar-refractivity contribution in [3.8, 4) is 23.7 Å². The number of carbonyl (C=O) groups is 2. The van der Waals surface area contributed by atoms with Gasteiger partial charge in [-0.25, -0.2) is 4.79 Å². The topological polar surface area (TPSA) is 151 Å². The van der Waals surface area contributed by atoms with Crippen LogP contribution < -0.4 is 11.1 Å². The number of allylic oxidation sites excluding steroid dienone is 1. The second-order valence-corrected chi connectivity index (χ2v) is 10.6.